The molecule has 136 valence electrons. The summed E-state index contributed by atoms with van der Waals surface area (Å²) in [5.74, 6) is -0.152. The summed E-state index contributed by atoms with van der Waals surface area (Å²) in [4.78, 5) is 35.5. The van der Waals surface area contributed by atoms with Gasteiger partial charge in [0.1, 0.15) is 11.6 Å². The van der Waals surface area contributed by atoms with Gasteiger partial charge in [-0.15, -0.1) is 0 Å². The van der Waals surface area contributed by atoms with Crippen LogP contribution in [-0.2, 0) is 19.1 Å². The van der Waals surface area contributed by atoms with Gasteiger partial charge in [0.15, 0.2) is 5.78 Å². The third kappa shape index (κ3) is 8.13. The van der Waals surface area contributed by atoms with Gasteiger partial charge in [0.05, 0.1) is 7.11 Å². The number of ether oxygens (including phenoxy) is 2. The monoisotopic (exact) mass is 339 g/mol. The van der Waals surface area contributed by atoms with Gasteiger partial charge < -0.3 is 14.8 Å². The summed E-state index contributed by atoms with van der Waals surface area (Å²) in [5.41, 5.74) is -0.662. The standard InChI is InChI=1S/C18H29NO5/c1-18(2,3)24-17(22)19-15(16(21)23-4)12-11-14(20)10-9-13-7-5-6-8-13/h9-10,13,15H,5-8,11-12H2,1-4H3,(H,19,22). The molecule has 0 spiro atoms. The molecule has 0 saturated heterocycles. The molecule has 1 fully saturated rings. The van der Waals surface area contributed by atoms with E-state index in [4.69, 9.17) is 4.74 Å². The lowest BCUT2D eigenvalue weighted by Crippen LogP contribution is -2.44. The molecule has 0 aromatic heterocycles. The minimum Gasteiger partial charge on any atom is -0.467 e. The summed E-state index contributed by atoms with van der Waals surface area (Å²) in [5, 5.41) is 2.46. The Morgan fingerprint density at radius 3 is 2.38 bits per heavy atom. The highest BCUT2D eigenvalue weighted by atomic mass is 16.6. The molecule has 0 aliphatic heterocycles. The number of ketones is 1. The van der Waals surface area contributed by atoms with Crippen molar-refractivity contribution >= 4 is 17.8 Å². The molecule has 0 radical (unpaired) electrons. The Bertz CT molecular complexity index is 472. The Morgan fingerprint density at radius 2 is 1.83 bits per heavy atom. The van der Waals surface area contributed by atoms with Gasteiger partial charge in [-0.25, -0.2) is 9.59 Å². The third-order valence-corrected chi connectivity index (χ3v) is 3.81. The zero-order valence-corrected chi connectivity index (χ0v) is 15.1. The Balaban J connectivity index is 2.48. The molecule has 1 amide bonds. The predicted octanol–water partition coefficient (Wildman–Crippen LogP) is 3.15. The van der Waals surface area contributed by atoms with Crippen LogP contribution in [0.25, 0.3) is 0 Å². The van der Waals surface area contributed by atoms with E-state index in [1.54, 1.807) is 26.8 Å². The quantitative estimate of drug-likeness (QED) is 0.569. The van der Waals surface area contributed by atoms with E-state index in [0.717, 1.165) is 12.8 Å². The molecule has 1 saturated carbocycles. The highest BCUT2D eigenvalue weighted by Gasteiger charge is 2.25. The van der Waals surface area contributed by atoms with Gasteiger partial charge in [0, 0.05) is 6.42 Å². The van der Waals surface area contributed by atoms with E-state index >= 15 is 0 Å². The zero-order chi connectivity index (χ0) is 18.2. The lowest BCUT2D eigenvalue weighted by molar-refractivity contribution is -0.143. The number of rotatable bonds is 7. The third-order valence-electron chi connectivity index (χ3n) is 3.81. The Hall–Kier alpha value is -1.85. The van der Waals surface area contributed by atoms with Crippen LogP contribution < -0.4 is 5.32 Å². The van der Waals surface area contributed by atoms with Crippen molar-refractivity contribution < 1.29 is 23.9 Å². The van der Waals surface area contributed by atoms with Gasteiger partial charge >= 0.3 is 12.1 Å². The molecule has 0 bridgehead atoms. The van der Waals surface area contributed by atoms with E-state index in [-0.39, 0.29) is 18.6 Å². The second-order valence-electron chi connectivity index (χ2n) is 7.13. The number of carbonyl (C=O) groups is 3. The van der Waals surface area contributed by atoms with E-state index in [1.807, 2.05) is 6.08 Å². The van der Waals surface area contributed by atoms with E-state index in [2.05, 4.69) is 10.1 Å². The SMILES string of the molecule is COC(=O)C(CCC(=O)C=CC1CCCC1)NC(=O)OC(C)(C)C. The number of amides is 1. The highest BCUT2D eigenvalue weighted by molar-refractivity contribution is 5.90. The molecule has 1 aliphatic carbocycles. The number of allylic oxidation sites excluding steroid dienone is 2. The number of hydrogen-bond acceptors (Lipinski definition) is 5. The van der Waals surface area contributed by atoms with Crippen LogP contribution in [-0.4, -0.2) is 36.6 Å². The van der Waals surface area contributed by atoms with Crippen molar-refractivity contribution in [1.82, 2.24) is 5.32 Å². The van der Waals surface area contributed by atoms with Crippen LogP contribution in [0.15, 0.2) is 12.2 Å². The maximum absolute atomic E-state index is 11.9. The van der Waals surface area contributed by atoms with Crippen LogP contribution in [0.3, 0.4) is 0 Å². The molecule has 24 heavy (non-hydrogen) atoms. The smallest absolute Gasteiger partial charge is 0.408 e. The summed E-state index contributed by atoms with van der Waals surface area (Å²) in [6, 6.07) is -0.895. The average Bonchev–Trinajstić information content (AvgIpc) is 3.00. The molecule has 1 aliphatic rings. The predicted molar refractivity (Wildman–Crippen MR) is 90.5 cm³/mol. The molecular weight excluding hydrogens is 310 g/mol. The first-order chi connectivity index (χ1) is 11.2. The molecule has 1 atom stereocenters. The van der Waals surface area contributed by atoms with E-state index < -0.39 is 23.7 Å². The van der Waals surface area contributed by atoms with Gasteiger partial charge in [-0.05, 0) is 52.0 Å². The van der Waals surface area contributed by atoms with Crippen LogP contribution in [0.2, 0.25) is 0 Å². The second-order valence-corrected chi connectivity index (χ2v) is 7.13. The number of hydrogen-bond donors (Lipinski definition) is 1. The van der Waals surface area contributed by atoms with Crippen molar-refractivity contribution in [2.45, 2.75) is 70.9 Å². The summed E-state index contributed by atoms with van der Waals surface area (Å²) in [7, 11) is 1.24. The first-order valence-electron chi connectivity index (χ1n) is 8.49. The van der Waals surface area contributed by atoms with Crippen molar-refractivity contribution in [3.63, 3.8) is 0 Å². The van der Waals surface area contributed by atoms with Gasteiger partial charge in [-0.3, -0.25) is 4.79 Å². The van der Waals surface area contributed by atoms with Crippen LogP contribution in [0.5, 0.6) is 0 Å². The fraction of sp³-hybridized carbons (Fsp3) is 0.722. The Labute approximate surface area is 144 Å². The van der Waals surface area contributed by atoms with Crippen molar-refractivity contribution in [1.29, 1.82) is 0 Å². The minimum atomic E-state index is -0.895. The highest BCUT2D eigenvalue weighted by Crippen LogP contribution is 2.25. The summed E-state index contributed by atoms with van der Waals surface area (Å²) in [6.07, 6.45) is 7.90. The maximum atomic E-state index is 11.9. The average molecular weight is 339 g/mol. The molecule has 0 aromatic carbocycles. The first kappa shape index (κ1) is 20.2. The van der Waals surface area contributed by atoms with E-state index in [0.29, 0.717) is 5.92 Å². The van der Waals surface area contributed by atoms with Crippen molar-refractivity contribution in [2.24, 2.45) is 5.92 Å². The van der Waals surface area contributed by atoms with Crippen LogP contribution in [0.1, 0.15) is 59.3 Å². The number of carbonyl (C=O) groups excluding carboxylic acids is 3. The van der Waals surface area contributed by atoms with Gasteiger partial charge in [-0.1, -0.05) is 18.9 Å². The molecular formula is C18H29NO5. The van der Waals surface area contributed by atoms with Crippen molar-refractivity contribution in [3.8, 4) is 0 Å². The summed E-state index contributed by atoms with van der Waals surface area (Å²) in [6.45, 7) is 5.20. The van der Waals surface area contributed by atoms with Crippen molar-refractivity contribution in [2.75, 3.05) is 7.11 Å². The molecule has 1 rings (SSSR count). The number of esters is 1. The van der Waals surface area contributed by atoms with E-state index in [9.17, 15) is 14.4 Å². The minimum absolute atomic E-state index is 0.0539. The summed E-state index contributed by atoms with van der Waals surface area (Å²) < 4.78 is 9.81. The molecule has 1 unspecified atom stereocenters. The molecule has 1 N–H and O–H groups in total. The molecule has 0 heterocycles. The van der Waals surface area contributed by atoms with Gasteiger partial charge in [0.25, 0.3) is 0 Å². The van der Waals surface area contributed by atoms with Crippen molar-refractivity contribution in [3.05, 3.63) is 12.2 Å². The number of alkyl carbamates (subject to hydrolysis) is 1. The Morgan fingerprint density at radius 1 is 1.21 bits per heavy atom. The lowest BCUT2D eigenvalue weighted by Gasteiger charge is -2.22. The molecule has 6 heteroatoms. The lowest BCUT2D eigenvalue weighted by atomic mass is 10.0. The number of methoxy groups -OCH3 is 1. The molecule has 0 aromatic rings. The van der Waals surface area contributed by atoms with E-state index in [1.165, 1.54) is 20.0 Å². The topological polar surface area (TPSA) is 81.7 Å². The van der Waals surface area contributed by atoms with Crippen LogP contribution >= 0.6 is 0 Å². The van der Waals surface area contributed by atoms with Crippen LogP contribution in [0, 0.1) is 5.92 Å². The number of nitrogens with one attached hydrogen (secondary N) is 1. The second kappa shape index (κ2) is 9.45. The van der Waals surface area contributed by atoms with Gasteiger partial charge in [-0.2, -0.15) is 0 Å². The van der Waals surface area contributed by atoms with Gasteiger partial charge in [0.2, 0.25) is 0 Å². The largest absolute Gasteiger partial charge is 0.467 e. The fourth-order valence-corrected chi connectivity index (χ4v) is 2.60. The normalized spacial score (nSPS) is 16.8. The van der Waals surface area contributed by atoms with Crippen LogP contribution in [0.4, 0.5) is 4.79 Å². The summed E-state index contributed by atoms with van der Waals surface area (Å²) >= 11 is 0. The Kier molecular flexibility index (Phi) is 7.95. The molecule has 6 nitrogen and oxygen atoms in total. The maximum Gasteiger partial charge on any atom is 0.408 e. The first-order valence-corrected chi connectivity index (χ1v) is 8.49. The zero-order valence-electron chi connectivity index (χ0n) is 15.1. The fourth-order valence-electron chi connectivity index (χ4n) is 2.60.